The molecule has 0 spiro atoms. The van der Waals surface area contributed by atoms with Crippen LogP contribution in [0.3, 0.4) is 0 Å². The third-order valence-electron chi connectivity index (χ3n) is 3.42. The molecule has 0 saturated carbocycles. The van der Waals surface area contributed by atoms with E-state index in [1.165, 1.54) is 0 Å². The molecule has 0 unspecified atom stereocenters. The van der Waals surface area contributed by atoms with Crippen LogP contribution in [0.4, 0.5) is 0 Å². The van der Waals surface area contributed by atoms with Gasteiger partial charge in [-0.25, -0.2) is 0 Å². The first-order chi connectivity index (χ1) is 8.54. The molecule has 2 rings (SSSR count). The van der Waals surface area contributed by atoms with Crippen molar-refractivity contribution in [3.05, 3.63) is 0 Å². The summed E-state index contributed by atoms with van der Waals surface area (Å²) in [6, 6.07) is 0. The van der Waals surface area contributed by atoms with Gasteiger partial charge in [0.2, 0.25) is 11.8 Å². The van der Waals surface area contributed by atoms with Crippen LogP contribution in [0.1, 0.15) is 25.7 Å². The van der Waals surface area contributed by atoms with Crippen LogP contribution in [0.2, 0.25) is 0 Å². The lowest BCUT2D eigenvalue weighted by Crippen LogP contribution is -2.43. The van der Waals surface area contributed by atoms with Gasteiger partial charge in [0, 0.05) is 25.9 Å². The van der Waals surface area contributed by atoms with Crippen molar-refractivity contribution in [3.63, 3.8) is 0 Å². The number of nitrogens with one attached hydrogen (secondary N) is 1. The maximum Gasteiger partial charge on any atom is 0.310 e. The molecule has 0 bridgehead atoms. The largest absolute Gasteiger partial charge is 0.462 e. The van der Waals surface area contributed by atoms with E-state index in [-0.39, 0.29) is 18.9 Å². The van der Waals surface area contributed by atoms with E-state index in [1.54, 1.807) is 0 Å². The Morgan fingerprint density at radius 1 is 1.22 bits per heavy atom. The number of likely N-dealkylation sites (tertiary alicyclic amines) is 1. The topological polar surface area (TPSA) is 75.7 Å². The Morgan fingerprint density at radius 3 is 2.33 bits per heavy atom. The van der Waals surface area contributed by atoms with Gasteiger partial charge in [0.25, 0.3) is 0 Å². The van der Waals surface area contributed by atoms with Gasteiger partial charge in [-0.15, -0.1) is 0 Å². The van der Waals surface area contributed by atoms with Crippen molar-refractivity contribution in [3.8, 4) is 0 Å². The molecule has 2 saturated heterocycles. The fourth-order valence-corrected chi connectivity index (χ4v) is 2.31. The highest BCUT2D eigenvalue weighted by atomic mass is 16.5. The lowest BCUT2D eigenvalue weighted by molar-refractivity contribution is -0.160. The van der Waals surface area contributed by atoms with E-state index in [0.717, 1.165) is 25.9 Å². The average molecular weight is 254 g/mol. The van der Waals surface area contributed by atoms with Crippen molar-refractivity contribution in [2.45, 2.75) is 31.8 Å². The van der Waals surface area contributed by atoms with Crippen LogP contribution >= 0.6 is 0 Å². The van der Waals surface area contributed by atoms with Crippen LogP contribution in [0.5, 0.6) is 0 Å². The first-order valence-electron chi connectivity index (χ1n) is 6.26. The van der Waals surface area contributed by atoms with Crippen LogP contribution in [0.15, 0.2) is 0 Å². The Bertz CT molecular complexity index is 345. The number of imide groups is 1. The van der Waals surface area contributed by atoms with Crippen LogP contribution in [0.25, 0.3) is 0 Å². The second-order valence-corrected chi connectivity index (χ2v) is 5.02. The molecule has 2 aliphatic heterocycles. The van der Waals surface area contributed by atoms with Gasteiger partial charge >= 0.3 is 5.97 Å². The SMILES string of the molecule is CN1CCC(OC(=O)C2CC(=O)NC(=O)C2)CC1. The summed E-state index contributed by atoms with van der Waals surface area (Å²) in [6.07, 6.45) is 1.66. The van der Waals surface area contributed by atoms with Crippen LogP contribution in [-0.4, -0.2) is 48.9 Å². The lowest BCUT2D eigenvalue weighted by atomic mass is 9.97. The highest BCUT2D eigenvalue weighted by Crippen LogP contribution is 2.19. The van der Waals surface area contributed by atoms with Crippen molar-refractivity contribution in [1.82, 2.24) is 10.2 Å². The van der Waals surface area contributed by atoms with Gasteiger partial charge in [-0.3, -0.25) is 19.7 Å². The van der Waals surface area contributed by atoms with Gasteiger partial charge < -0.3 is 9.64 Å². The molecule has 2 amide bonds. The molecular weight excluding hydrogens is 236 g/mol. The molecule has 1 N–H and O–H groups in total. The monoisotopic (exact) mass is 254 g/mol. The standard InChI is InChI=1S/C12H18N2O4/c1-14-4-2-9(3-5-14)18-12(17)8-6-10(15)13-11(16)7-8/h8-9H,2-7H2,1H3,(H,13,15,16). The smallest absolute Gasteiger partial charge is 0.310 e. The molecule has 100 valence electrons. The summed E-state index contributed by atoms with van der Waals surface area (Å²) in [5.74, 6) is -1.80. The second kappa shape index (κ2) is 5.48. The van der Waals surface area contributed by atoms with Gasteiger partial charge in [-0.1, -0.05) is 0 Å². The predicted octanol–water partition coefficient (Wildman–Crippen LogP) is -0.323. The molecule has 0 aromatic rings. The van der Waals surface area contributed by atoms with Crippen molar-refractivity contribution >= 4 is 17.8 Å². The van der Waals surface area contributed by atoms with E-state index in [9.17, 15) is 14.4 Å². The maximum absolute atomic E-state index is 11.9. The number of piperidine rings is 2. The van der Waals surface area contributed by atoms with E-state index in [4.69, 9.17) is 4.74 Å². The van der Waals surface area contributed by atoms with Crippen LogP contribution in [-0.2, 0) is 19.1 Å². The fraction of sp³-hybridized carbons (Fsp3) is 0.750. The molecular formula is C12H18N2O4. The van der Waals surface area contributed by atoms with Gasteiger partial charge in [-0.2, -0.15) is 0 Å². The minimum atomic E-state index is -0.606. The molecule has 6 nitrogen and oxygen atoms in total. The highest BCUT2D eigenvalue weighted by Gasteiger charge is 2.33. The maximum atomic E-state index is 11.9. The number of carbonyl (C=O) groups excluding carboxylic acids is 3. The van der Waals surface area contributed by atoms with Crippen LogP contribution in [0, 0.1) is 5.92 Å². The Labute approximate surface area is 106 Å². The quantitative estimate of drug-likeness (QED) is 0.540. The molecule has 0 aromatic heterocycles. The highest BCUT2D eigenvalue weighted by molar-refractivity contribution is 6.01. The number of amides is 2. The molecule has 0 aliphatic carbocycles. The summed E-state index contributed by atoms with van der Waals surface area (Å²) in [6.45, 7) is 1.81. The van der Waals surface area contributed by atoms with Gasteiger partial charge in [0.1, 0.15) is 6.10 Å². The minimum Gasteiger partial charge on any atom is -0.462 e. The Morgan fingerprint density at radius 2 is 1.78 bits per heavy atom. The summed E-state index contributed by atoms with van der Waals surface area (Å²) in [5, 5.41) is 2.18. The molecule has 18 heavy (non-hydrogen) atoms. The number of carbonyl (C=O) groups is 3. The molecule has 0 atom stereocenters. The molecule has 0 aromatic carbocycles. The number of hydrogen-bond donors (Lipinski definition) is 1. The van der Waals surface area contributed by atoms with E-state index in [0.29, 0.717) is 0 Å². The summed E-state index contributed by atoms with van der Waals surface area (Å²) >= 11 is 0. The summed E-state index contributed by atoms with van der Waals surface area (Å²) in [4.78, 5) is 36.4. The van der Waals surface area contributed by atoms with Crippen molar-refractivity contribution in [2.75, 3.05) is 20.1 Å². The summed E-state index contributed by atoms with van der Waals surface area (Å²) in [7, 11) is 2.03. The van der Waals surface area contributed by atoms with Crippen molar-refractivity contribution in [2.24, 2.45) is 5.92 Å². The predicted molar refractivity (Wildman–Crippen MR) is 62.5 cm³/mol. The zero-order valence-electron chi connectivity index (χ0n) is 10.5. The van der Waals surface area contributed by atoms with E-state index >= 15 is 0 Å². The van der Waals surface area contributed by atoms with Gasteiger partial charge in [0.15, 0.2) is 0 Å². The number of esters is 1. The Hall–Kier alpha value is -1.43. The van der Waals surface area contributed by atoms with E-state index in [1.807, 2.05) is 7.05 Å². The molecule has 2 fully saturated rings. The zero-order chi connectivity index (χ0) is 13.1. The fourth-order valence-electron chi connectivity index (χ4n) is 2.31. The lowest BCUT2D eigenvalue weighted by Gasteiger charge is -2.30. The third kappa shape index (κ3) is 3.29. The summed E-state index contributed by atoms with van der Waals surface area (Å²) < 4.78 is 5.38. The van der Waals surface area contributed by atoms with E-state index < -0.39 is 23.7 Å². The number of ether oxygens (including phenoxy) is 1. The normalized spacial score (nSPS) is 23.8. The van der Waals surface area contributed by atoms with Crippen molar-refractivity contribution < 1.29 is 19.1 Å². The first kappa shape index (κ1) is 13.0. The summed E-state index contributed by atoms with van der Waals surface area (Å²) in [5.41, 5.74) is 0. The average Bonchev–Trinajstić information content (AvgIpc) is 2.31. The Balaban J connectivity index is 1.84. The number of rotatable bonds is 2. The Kier molecular flexibility index (Phi) is 3.96. The first-order valence-corrected chi connectivity index (χ1v) is 6.26. The van der Waals surface area contributed by atoms with Crippen molar-refractivity contribution in [1.29, 1.82) is 0 Å². The molecule has 2 heterocycles. The second-order valence-electron chi connectivity index (χ2n) is 5.02. The molecule has 6 heteroatoms. The van der Waals surface area contributed by atoms with E-state index in [2.05, 4.69) is 10.2 Å². The number of hydrogen-bond acceptors (Lipinski definition) is 5. The van der Waals surface area contributed by atoms with Gasteiger partial charge in [0.05, 0.1) is 5.92 Å². The number of nitrogens with zero attached hydrogens (tertiary/aromatic N) is 1. The van der Waals surface area contributed by atoms with Gasteiger partial charge in [-0.05, 0) is 19.9 Å². The van der Waals surface area contributed by atoms with Crippen LogP contribution < -0.4 is 5.32 Å². The molecule has 0 radical (unpaired) electrons. The zero-order valence-corrected chi connectivity index (χ0v) is 10.5. The molecule has 2 aliphatic rings. The minimum absolute atomic E-state index is 0.0528. The third-order valence-corrected chi connectivity index (χ3v) is 3.42.